The van der Waals surface area contributed by atoms with E-state index in [0.717, 1.165) is 0 Å². The molecule has 0 bridgehead atoms. The predicted molar refractivity (Wildman–Crippen MR) is 49.3 cm³/mol. The van der Waals surface area contributed by atoms with E-state index in [1.165, 1.54) is 6.92 Å². The van der Waals surface area contributed by atoms with Crippen LogP contribution >= 0.6 is 0 Å². The number of ketones is 1. The summed E-state index contributed by atoms with van der Waals surface area (Å²) < 4.78 is 28.8. The van der Waals surface area contributed by atoms with E-state index in [1.807, 2.05) is 0 Å². The van der Waals surface area contributed by atoms with Crippen molar-refractivity contribution in [3.63, 3.8) is 0 Å². The molecule has 14 heavy (non-hydrogen) atoms. The quantitative estimate of drug-likeness (QED) is 0.583. The number of rotatable bonds is 6. The largest absolute Gasteiger partial charge is 0.355 e. The second kappa shape index (κ2) is 5.71. The first kappa shape index (κ1) is 13.1. The second-order valence-corrected chi connectivity index (χ2v) is 4.41. The molecule has 0 spiro atoms. The summed E-state index contributed by atoms with van der Waals surface area (Å²) in [7, 11) is -4.03. The van der Waals surface area contributed by atoms with Gasteiger partial charge in [-0.3, -0.25) is 9.35 Å². The van der Waals surface area contributed by atoms with Crippen LogP contribution in [0.2, 0.25) is 0 Å². The third-order valence-electron chi connectivity index (χ3n) is 1.39. The molecule has 0 saturated carbocycles. The van der Waals surface area contributed by atoms with Gasteiger partial charge in [-0.2, -0.15) is 8.42 Å². The van der Waals surface area contributed by atoms with Crippen LogP contribution in [-0.4, -0.2) is 37.0 Å². The number of amides is 1. The monoisotopic (exact) mass is 223 g/mol. The highest BCUT2D eigenvalue weighted by atomic mass is 32.2. The van der Waals surface area contributed by atoms with Crippen LogP contribution in [0.4, 0.5) is 0 Å². The van der Waals surface area contributed by atoms with Crippen LogP contribution in [0.15, 0.2) is 0 Å². The third kappa shape index (κ3) is 9.14. The minimum absolute atomic E-state index is 0.0425. The zero-order valence-corrected chi connectivity index (χ0v) is 8.63. The van der Waals surface area contributed by atoms with E-state index >= 15 is 0 Å². The predicted octanol–water partition coefficient (Wildman–Crippen LogP) is -0.640. The van der Waals surface area contributed by atoms with Crippen molar-refractivity contribution in [3.8, 4) is 0 Å². The molecule has 82 valence electrons. The van der Waals surface area contributed by atoms with Gasteiger partial charge in [-0.05, 0) is 6.92 Å². The van der Waals surface area contributed by atoms with Crippen molar-refractivity contribution >= 4 is 21.8 Å². The average Bonchev–Trinajstić information content (AvgIpc) is 1.98. The molecule has 0 unspecified atom stereocenters. The van der Waals surface area contributed by atoms with Crippen molar-refractivity contribution in [2.24, 2.45) is 0 Å². The van der Waals surface area contributed by atoms with E-state index < -0.39 is 21.8 Å². The highest BCUT2D eigenvalue weighted by molar-refractivity contribution is 7.85. The van der Waals surface area contributed by atoms with Gasteiger partial charge in [-0.25, -0.2) is 0 Å². The van der Waals surface area contributed by atoms with Gasteiger partial charge >= 0.3 is 0 Å². The van der Waals surface area contributed by atoms with Gasteiger partial charge in [-0.15, -0.1) is 0 Å². The molecule has 0 fully saturated rings. The molecule has 6 nitrogen and oxygen atoms in total. The van der Waals surface area contributed by atoms with Gasteiger partial charge in [0.15, 0.2) is 0 Å². The van der Waals surface area contributed by atoms with Gasteiger partial charge in [-0.1, -0.05) is 0 Å². The summed E-state index contributed by atoms with van der Waals surface area (Å²) >= 11 is 0. The van der Waals surface area contributed by atoms with Gasteiger partial charge < -0.3 is 10.1 Å². The summed E-state index contributed by atoms with van der Waals surface area (Å²) in [6, 6.07) is 0. The van der Waals surface area contributed by atoms with Crippen LogP contribution in [0.3, 0.4) is 0 Å². The highest BCUT2D eigenvalue weighted by Gasteiger charge is 2.06. The molecule has 1 amide bonds. The van der Waals surface area contributed by atoms with E-state index in [0.29, 0.717) is 0 Å². The molecular formula is C7H13NO5S. The molecule has 0 saturated heterocycles. The maximum Gasteiger partial charge on any atom is 0.266 e. The highest BCUT2D eigenvalue weighted by Crippen LogP contribution is 1.89. The van der Waals surface area contributed by atoms with Crippen LogP contribution in [0.1, 0.15) is 19.8 Å². The average molecular weight is 223 g/mol. The molecule has 2 N–H and O–H groups in total. The first-order valence-electron chi connectivity index (χ1n) is 4.02. The summed E-state index contributed by atoms with van der Waals surface area (Å²) in [6.45, 7) is 1.22. The Morgan fingerprint density at radius 3 is 2.29 bits per heavy atom. The second-order valence-electron chi connectivity index (χ2n) is 2.84. The van der Waals surface area contributed by atoms with Crippen molar-refractivity contribution in [2.75, 3.05) is 12.3 Å². The maximum absolute atomic E-state index is 10.9. The first-order valence-corrected chi connectivity index (χ1v) is 5.63. The fraction of sp³-hybridized carbons (Fsp3) is 0.714. The lowest BCUT2D eigenvalue weighted by molar-refractivity contribution is -0.124. The molecule has 0 atom stereocenters. The Labute approximate surface area is 82.4 Å². The molecular weight excluding hydrogens is 210 g/mol. The van der Waals surface area contributed by atoms with Crippen molar-refractivity contribution < 1.29 is 22.6 Å². The zero-order valence-electron chi connectivity index (χ0n) is 7.82. The van der Waals surface area contributed by atoms with Crippen LogP contribution < -0.4 is 5.32 Å². The number of hydrogen-bond acceptors (Lipinski definition) is 4. The van der Waals surface area contributed by atoms with Gasteiger partial charge in [0.1, 0.15) is 5.78 Å². The summed E-state index contributed by atoms with van der Waals surface area (Å²) in [5.41, 5.74) is 0. The van der Waals surface area contributed by atoms with Crippen LogP contribution in [0, 0.1) is 0 Å². The number of carbonyl (C=O) groups excluding carboxylic acids is 2. The number of Topliss-reactive ketones (excluding diaryl/α,β-unsaturated/α-hetero) is 1. The van der Waals surface area contributed by atoms with E-state index in [-0.39, 0.29) is 25.2 Å². The van der Waals surface area contributed by atoms with E-state index in [4.69, 9.17) is 4.55 Å². The Balaban J connectivity index is 3.60. The van der Waals surface area contributed by atoms with Crippen LogP contribution in [-0.2, 0) is 19.7 Å². The summed E-state index contributed by atoms with van der Waals surface area (Å²) in [5, 5.41) is 2.26. The molecule has 0 rings (SSSR count). The van der Waals surface area contributed by atoms with E-state index in [1.54, 1.807) is 0 Å². The van der Waals surface area contributed by atoms with E-state index in [9.17, 15) is 18.0 Å². The Bertz CT molecular complexity index is 308. The van der Waals surface area contributed by atoms with Crippen molar-refractivity contribution in [2.45, 2.75) is 19.8 Å². The maximum atomic E-state index is 10.9. The summed E-state index contributed by atoms with van der Waals surface area (Å²) in [6.07, 6.45) is 0.179. The third-order valence-corrected chi connectivity index (χ3v) is 2.11. The van der Waals surface area contributed by atoms with E-state index in [2.05, 4.69) is 5.32 Å². The van der Waals surface area contributed by atoms with Gasteiger partial charge in [0, 0.05) is 19.4 Å². The molecule has 0 aromatic heterocycles. The van der Waals surface area contributed by atoms with Gasteiger partial charge in [0.2, 0.25) is 5.91 Å². The van der Waals surface area contributed by atoms with Gasteiger partial charge in [0.05, 0.1) is 5.75 Å². The molecule has 0 aliphatic rings. The lowest BCUT2D eigenvalue weighted by Gasteiger charge is -2.01. The molecule has 0 aromatic carbocycles. The molecule has 0 heterocycles. The summed E-state index contributed by atoms with van der Waals surface area (Å²) in [4.78, 5) is 21.4. The lowest BCUT2D eigenvalue weighted by atomic mass is 10.2. The fourth-order valence-corrected chi connectivity index (χ4v) is 1.06. The smallest absolute Gasteiger partial charge is 0.266 e. The molecule has 0 radical (unpaired) electrons. The Morgan fingerprint density at radius 2 is 1.86 bits per heavy atom. The van der Waals surface area contributed by atoms with Crippen LogP contribution in [0.5, 0.6) is 0 Å². The Morgan fingerprint density at radius 1 is 1.29 bits per heavy atom. The number of carbonyl (C=O) groups is 2. The SMILES string of the molecule is CC(=O)CCC(=O)NCCS(=O)(=O)O. The first-order chi connectivity index (χ1) is 6.31. The minimum Gasteiger partial charge on any atom is -0.355 e. The normalized spacial score (nSPS) is 11.0. The summed E-state index contributed by atoms with van der Waals surface area (Å²) in [5.74, 6) is -1.02. The van der Waals surface area contributed by atoms with Crippen LogP contribution in [0.25, 0.3) is 0 Å². The standard InChI is InChI=1S/C7H13NO5S/c1-6(9)2-3-7(10)8-4-5-14(11,12)13/h2-5H2,1H3,(H,8,10)(H,11,12,13). The Kier molecular flexibility index (Phi) is 5.32. The van der Waals surface area contributed by atoms with Crippen molar-refractivity contribution in [1.29, 1.82) is 0 Å². The van der Waals surface area contributed by atoms with Gasteiger partial charge in [0.25, 0.3) is 10.1 Å². The lowest BCUT2D eigenvalue weighted by Crippen LogP contribution is -2.28. The number of nitrogens with one attached hydrogen (secondary N) is 1. The van der Waals surface area contributed by atoms with Crippen molar-refractivity contribution in [1.82, 2.24) is 5.32 Å². The minimum atomic E-state index is -4.03. The number of hydrogen-bond donors (Lipinski definition) is 2. The van der Waals surface area contributed by atoms with Crippen molar-refractivity contribution in [3.05, 3.63) is 0 Å². The molecule has 0 aliphatic carbocycles. The molecule has 0 aliphatic heterocycles. The fourth-order valence-electron chi connectivity index (χ4n) is 0.697. The zero-order chi connectivity index (χ0) is 11.2. The molecule has 7 heteroatoms. The topological polar surface area (TPSA) is 101 Å². The Hall–Kier alpha value is -0.950. The molecule has 0 aromatic rings.